The van der Waals surface area contributed by atoms with Crippen LogP contribution >= 0.6 is 0 Å². The average Bonchev–Trinajstić information content (AvgIpc) is 3.11. The topological polar surface area (TPSA) is 59.8 Å². The van der Waals surface area contributed by atoms with Gasteiger partial charge in [0, 0.05) is 50.2 Å². The molecule has 6 nitrogen and oxygen atoms in total. The third-order valence-electron chi connectivity index (χ3n) is 3.75. The maximum absolute atomic E-state index is 13.7. The molecule has 7 heteroatoms. The standard InChI is InChI=1S/C17H21FN4O2/c1-19-17(20-4-7-22-5-2-3-6-22)21-10-13-8-15(18)9-14-11-23-12-24-16(13)14/h2-3,5-6,8-9H,4,7,10-12H2,1H3,(H2,19,20,21). The predicted molar refractivity (Wildman–Crippen MR) is 89.3 cm³/mol. The summed E-state index contributed by atoms with van der Waals surface area (Å²) in [6, 6.07) is 6.90. The molecule has 2 N–H and O–H groups in total. The minimum atomic E-state index is -0.296. The first kappa shape index (κ1) is 16.3. The van der Waals surface area contributed by atoms with E-state index in [1.807, 2.05) is 24.5 Å². The molecule has 1 aromatic heterocycles. The highest BCUT2D eigenvalue weighted by atomic mass is 19.1. The molecule has 1 aromatic carbocycles. The number of aliphatic imine (C=N–C) groups is 1. The number of aromatic nitrogens is 1. The van der Waals surface area contributed by atoms with Crippen molar-refractivity contribution >= 4 is 5.96 Å². The molecule has 1 aliphatic rings. The largest absolute Gasteiger partial charge is 0.467 e. The highest BCUT2D eigenvalue weighted by Crippen LogP contribution is 2.29. The molecular formula is C17H21FN4O2. The van der Waals surface area contributed by atoms with Gasteiger partial charge in [0.15, 0.2) is 12.8 Å². The summed E-state index contributed by atoms with van der Waals surface area (Å²) in [4.78, 5) is 4.18. The van der Waals surface area contributed by atoms with Crippen molar-refractivity contribution in [2.24, 2.45) is 4.99 Å². The highest BCUT2D eigenvalue weighted by Gasteiger charge is 2.17. The lowest BCUT2D eigenvalue weighted by molar-refractivity contribution is -0.0172. The van der Waals surface area contributed by atoms with Crippen LogP contribution in [0.1, 0.15) is 11.1 Å². The first-order valence-electron chi connectivity index (χ1n) is 7.83. The van der Waals surface area contributed by atoms with E-state index in [0.29, 0.717) is 24.9 Å². The molecule has 0 saturated carbocycles. The smallest absolute Gasteiger partial charge is 0.191 e. The molecule has 0 spiro atoms. The molecule has 0 bridgehead atoms. The Labute approximate surface area is 140 Å². The lowest BCUT2D eigenvalue weighted by atomic mass is 10.1. The van der Waals surface area contributed by atoms with Crippen molar-refractivity contribution in [1.82, 2.24) is 15.2 Å². The summed E-state index contributed by atoms with van der Waals surface area (Å²) in [5, 5.41) is 6.42. The Morgan fingerprint density at radius 2 is 2.12 bits per heavy atom. The number of ether oxygens (including phenoxy) is 2. The molecule has 0 amide bonds. The molecular weight excluding hydrogens is 311 g/mol. The zero-order valence-corrected chi connectivity index (χ0v) is 13.6. The van der Waals surface area contributed by atoms with Crippen LogP contribution in [-0.2, 0) is 24.4 Å². The fraction of sp³-hybridized carbons (Fsp3) is 0.353. The molecule has 2 heterocycles. The van der Waals surface area contributed by atoms with E-state index in [9.17, 15) is 4.39 Å². The number of fused-ring (bicyclic) bond motifs is 1. The van der Waals surface area contributed by atoms with Crippen LogP contribution in [0.2, 0.25) is 0 Å². The molecule has 0 unspecified atom stereocenters. The van der Waals surface area contributed by atoms with Crippen molar-refractivity contribution in [1.29, 1.82) is 0 Å². The van der Waals surface area contributed by atoms with Crippen LogP contribution in [0.15, 0.2) is 41.7 Å². The van der Waals surface area contributed by atoms with Crippen LogP contribution < -0.4 is 15.4 Å². The zero-order chi connectivity index (χ0) is 16.8. The van der Waals surface area contributed by atoms with Gasteiger partial charge in [-0.15, -0.1) is 0 Å². The van der Waals surface area contributed by atoms with Gasteiger partial charge in [0.1, 0.15) is 11.6 Å². The van der Waals surface area contributed by atoms with E-state index >= 15 is 0 Å². The summed E-state index contributed by atoms with van der Waals surface area (Å²) >= 11 is 0. The Morgan fingerprint density at radius 1 is 1.29 bits per heavy atom. The monoisotopic (exact) mass is 332 g/mol. The van der Waals surface area contributed by atoms with Gasteiger partial charge in [-0.25, -0.2) is 4.39 Å². The second-order valence-electron chi connectivity index (χ2n) is 5.44. The van der Waals surface area contributed by atoms with Crippen molar-refractivity contribution in [3.63, 3.8) is 0 Å². The summed E-state index contributed by atoms with van der Waals surface area (Å²) in [5.74, 6) is 1.06. The number of rotatable bonds is 5. The predicted octanol–water partition coefficient (Wildman–Crippen LogP) is 1.86. The van der Waals surface area contributed by atoms with Gasteiger partial charge in [-0.3, -0.25) is 4.99 Å². The fourth-order valence-corrected chi connectivity index (χ4v) is 2.61. The molecule has 24 heavy (non-hydrogen) atoms. The van der Waals surface area contributed by atoms with Gasteiger partial charge in [0.25, 0.3) is 0 Å². The van der Waals surface area contributed by atoms with Crippen LogP contribution in [-0.4, -0.2) is 30.9 Å². The van der Waals surface area contributed by atoms with Gasteiger partial charge in [-0.2, -0.15) is 0 Å². The van der Waals surface area contributed by atoms with E-state index in [0.717, 1.165) is 24.2 Å². The molecule has 2 aromatic rings. The van der Waals surface area contributed by atoms with Crippen LogP contribution in [0.3, 0.4) is 0 Å². The fourth-order valence-electron chi connectivity index (χ4n) is 2.61. The first-order valence-corrected chi connectivity index (χ1v) is 7.83. The maximum atomic E-state index is 13.7. The van der Waals surface area contributed by atoms with Gasteiger partial charge < -0.3 is 24.7 Å². The highest BCUT2D eigenvalue weighted by molar-refractivity contribution is 5.79. The molecule has 0 radical (unpaired) electrons. The van der Waals surface area contributed by atoms with E-state index in [4.69, 9.17) is 9.47 Å². The number of guanidine groups is 1. The normalized spacial score (nSPS) is 14.0. The van der Waals surface area contributed by atoms with E-state index in [1.165, 1.54) is 12.1 Å². The van der Waals surface area contributed by atoms with Gasteiger partial charge >= 0.3 is 0 Å². The number of benzene rings is 1. The van der Waals surface area contributed by atoms with Crippen molar-refractivity contribution in [3.05, 3.63) is 53.6 Å². The van der Waals surface area contributed by atoms with Gasteiger partial charge in [-0.1, -0.05) is 0 Å². The molecule has 128 valence electrons. The number of halogens is 1. The summed E-state index contributed by atoms with van der Waals surface area (Å²) in [7, 11) is 1.70. The van der Waals surface area contributed by atoms with Crippen molar-refractivity contribution in [3.8, 4) is 5.75 Å². The van der Waals surface area contributed by atoms with Crippen LogP contribution in [0, 0.1) is 5.82 Å². The Balaban J connectivity index is 1.56. The maximum Gasteiger partial charge on any atom is 0.191 e. The van der Waals surface area contributed by atoms with Crippen LogP contribution in [0.5, 0.6) is 5.75 Å². The molecule has 1 aliphatic heterocycles. The Kier molecular flexibility index (Phi) is 5.32. The number of nitrogens with zero attached hydrogens (tertiary/aromatic N) is 2. The zero-order valence-electron chi connectivity index (χ0n) is 13.6. The number of nitrogens with one attached hydrogen (secondary N) is 2. The summed E-state index contributed by atoms with van der Waals surface area (Å²) in [5.41, 5.74) is 1.48. The third-order valence-corrected chi connectivity index (χ3v) is 3.75. The van der Waals surface area contributed by atoms with Crippen molar-refractivity contribution < 1.29 is 13.9 Å². The van der Waals surface area contributed by atoms with E-state index in [-0.39, 0.29) is 12.6 Å². The van der Waals surface area contributed by atoms with Crippen LogP contribution in [0.4, 0.5) is 4.39 Å². The number of hydrogen-bond acceptors (Lipinski definition) is 3. The molecule has 0 atom stereocenters. The van der Waals surface area contributed by atoms with Gasteiger partial charge in [0.2, 0.25) is 0 Å². The lowest BCUT2D eigenvalue weighted by Gasteiger charge is -2.21. The molecule has 0 aliphatic carbocycles. The van der Waals surface area contributed by atoms with E-state index < -0.39 is 0 Å². The van der Waals surface area contributed by atoms with Crippen molar-refractivity contribution in [2.75, 3.05) is 20.4 Å². The second-order valence-corrected chi connectivity index (χ2v) is 5.44. The minimum Gasteiger partial charge on any atom is -0.467 e. The second kappa shape index (κ2) is 7.83. The Hall–Kier alpha value is -2.54. The Bertz CT molecular complexity index is 701. The molecule has 3 rings (SSSR count). The van der Waals surface area contributed by atoms with Gasteiger partial charge in [-0.05, 0) is 24.3 Å². The minimum absolute atomic E-state index is 0.190. The lowest BCUT2D eigenvalue weighted by Crippen LogP contribution is -2.38. The summed E-state index contributed by atoms with van der Waals surface area (Å²) in [6.45, 7) is 2.55. The first-order chi connectivity index (χ1) is 11.8. The number of hydrogen-bond donors (Lipinski definition) is 2. The van der Waals surface area contributed by atoms with Crippen LogP contribution in [0.25, 0.3) is 0 Å². The van der Waals surface area contributed by atoms with E-state index in [1.54, 1.807) is 7.05 Å². The SMILES string of the molecule is CN=C(NCCn1cccc1)NCc1cc(F)cc2c1OCOC2. The van der Waals surface area contributed by atoms with Crippen molar-refractivity contribution in [2.45, 2.75) is 19.7 Å². The molecule has 0 saturated heterocycles. The summed E-state index contributed by atoms with van der Waals surface area (Å²) < 4.78 is 26.5. The average molecular weight is 332 g/mol. The van der Waals surface area contributed by atoms with E-state index in [2.05, 4.69) is 20.2 Å². The van der Waals surface area contributed by atoms with Gasteiger partial charge in [0.05, 0.1) is 6.61 Å². The molecule has 0 fully saturated rings. The quantitative estimate of drug-likeness (QED) is 0.648. The Morgan fingerprint density at radius 3 is 2.92 bits per heavy atom. The third kappa shape index (κ3) is 4.05. The summed E-state index contributed by atoms with van der Waals surface area (Å²) in [6.07, 6.45) is 4.02.